The molecule has 0 amide bonds. The minimum absolute atomic E-state index is 0.136. The largest absolute Gasteiger partial charge is 0.480 e. The lowest BCUT2D eigenvalue weighted by atomic mass is 10.0. The highest BCUT2D eigenvalue weighted by molar-refractivity contribution is 5.82. The van der Waals surface area contributed by atoms with Crippen molar-refractivity contribution in [3.05, 3.63) is 60.0 Å². The molecule has 0 fully saturated rings. The minimum Gasteiger partial charge on any atom is -0.480 e. The van der Waals surface area contributed by atoms with E-state index < -0.39 is 11.9 Å². The van der Waals surface area contributed by atoms with Crippen molar-refractivity contribution >= 4 is 17.2 Å². The van der Waals surface area contributed by atoms with Gasteiger partial charge in [-0.2, -0.15) is 18.3 Å². The Kier molecular flexibility index (Phi) is 4.53. The van der Waals surface area contributed by atoms with Gasteiger partial charge in [-0.05, 0) is 42.3 Å². The Labute approximate surface area is 163 Å². The summed E-state index contributed by atoms with van der Waals surface area (Å²) in [7, 11) is 1.52. The van der Waals surface area contributed by atoms with Crippen molar-refractivity contribution in [2.45, 2.75) is 13.1 Å². The summed E-state index contributed by atoms with van der Waals surface area (Å²) in [4.78, 5) is 7.42. The first-order valence-corrected chi connectivity index (χ1v) is 8.52. The number of nitrogens with zero attached hydrogens (tertiary/aromatic N) is 5. The number of aryl methyl sites for hydroxylation is 1. The third-order valence-corrected chi connectivity index (χ3v) is 4.16. The Morgan fingerprint density at radius 1 is 1.10 bits per heavy atom. The molecule has 0 aliphatic rings. The molecule has 0 atom stereocenters. The van der Waals surface area contributed by atoms with Gasteiger partial charge in [-0.1, -0.05) is 6.07 Å². The highest BCUT2D eigenvalue weighted by atomic mass is 19.4. The van der Waals surface area contributed by atoms with Gasteiger partial charge in [0.25, 0.3) is 0 Å². The quantitative estimate of drug-likeness (QED) is 0.551. The van der Waals surface area contributed by atoms with Crippen LogP contribution in [0.1, 0.15) is 11.3 Å². The SMILES string of the molecule is COc1ccc2c(-c3cc(C)cc(Nc4nccc(C(F)(F)F)n4)c3)cnn2n1. The van der Waals surface area contributed by atoms with Crippen LogP contribution in [0.3, 0.4) is 0 Å². The molecule has 29 heavy (non-hydrogen) atoms. The Hall–Kier alpha value is -3.69. The number of hydrogen-bond donors (Lipinski definition) is 1. The normalized spacial score (nSPS) is 11.6. The second kappa shape index (κ2) is 7.04. The molecule has 4 aromatic rings. The van der Waals surface area contributed by atoms with Gasteiger partial charge in [-0.25, -0.2) is 9.97 Å². The number of aromatic nitrogens is 5. The first-order valence-electron chi connectivity index (χ1n) is 8.52. The maximum Gasteiger partial charge on any atom is 0.433 e. The number of anilines is 2. The van der Waals surface area contributed by atoms with Crippen LogP contribution in [0.2, 0.25) is 0 Å². The molecule has 0 saturated heterocycles. The number of nitrogens with one attached hydrogen (secondary N) is 1. The Balaban J connectivity index is 1.70. The summed E-state index contributed by atoms with van der Waals surface area (Å²) >= 11 is 0. The van der Waals surface area contributed by atoms with Gasteiger partial charge in [0.1, 0.15) is 5.69 Å². The van der Waals surface area contributed by atoms with Crippen LogP contribution in [-0.4, -0.2) is 31.9 Å². The molecular formula is C19H15F3N6O. The average Bonchev–Trinajstić information content (AvgIpc) is 3.10. The molecule has 148 valence electrons. The second-order valence-corrected chi connectivity index (χ2v) is 6.28. The summed E-state index contributed by atoms with van der Waals surface area (Å²) < 4.78 is 45.2. The van der Waals surface area contributed by atoms with E-state index in [0.29, 0.717) is 11.6 Å². The van der Waals surface area contributed by atoms with E-state index in [1.54, 1.807) is 24.4 Å². The zero-order valence-corrected chi connectivity index (χ0v) is 15.4. The number of alkyl halides is 3. The number of halogens is 3. The van der Waals surface area contributed by atoms with Crippen molar-refractivity contribution < 1.29 is 17.9 Å². The fourth-order valence-corrected chi connectivity index (χ4v) is 2.91. The Morgan fingerprint density at radius 2 is 1.93 bits per heavy atom. The second-order valence-electron chi connectivity index (χ2n) is 6.28. The Morgan fingerprint density at radius 3 is 2.69 bits per heavy atom. The zero-order valence-electron chi connectivity index (χ0n) is 15.4. The number of rotatable bonds is 4. The van der Waals surface area contributed by atoms with E-state index in [4.69, 9.17) is 4.74 Å². The van der Waals surface area contributed by atoms with Crippen molar-refractivity contribution in [3.63, 3.8) is 0 Å². The van der Waals surface area contributed by atoms with Crippen LogP contribution >= 0.6 is 0 Å². The molecule has 4 rings (SSSR count). The van der Waals surface area contributed by atoms with Crippen LogP contribution in [-0.2, 0) is 6.18 Å². The molecule has 10 heteroatoms. The molecule has 0 aliphatic carbocycles. The van der Waals surface area contributed by atoms with Gasteiger partial charge in [-0.3, -0.25) is 0 Å². The summed E-state index contributed by atoms with van der Waals surface area (Å²) in [5.74, 6) is 0.295. The summed E-state index contributed by atoms with van der Waals surface area (Å²) in [5.41, 5.74) is 2.85. The molecular weight excluding hydrogens is 385 g/mol. The van der Waals surface area contributed by atoms with Gasteiger partial charge < -0.3 is 10.1 Å². The average molecular weight is 400 g/mol. The lowest BCUT2D eigenvalue weighted by Crippen LogP contribution is -2.10. The van der Waals surface area contributed by atoms with E-state index in [9.17, 15) is 13.2 Å². The number of fused-ring (bicyclic) bond motifs is 1. The molecule has 0 saturated carbocycles. The van der Waals surface area contributed by atoms with Crippen LogP contribution in [0.5, 0.6) is 5.88 Å². The predicted octanol–water partition coefficient (Wildman–Crippen LogP) is 4.27. The summed E-state index contributed by atoms with van der Waals surface area (Å²) in [6.07, 6.45) is -1.80. The molecule has 0 unspecified atom stereocenters. The third kappa shape index (κ3) is 3.82. The molecule has 0 radical (unpaired) electrons. The topological polar surface area (TPSA) is 77.2 Å². The van der Waals surface area contributed by atoms with Gasteiger partial charge in [0.15, 0.2) is 0 Å². The van der Waals surface area contributed by atoms with E-state index in [1.807, 2.05) is 19.1 Å². The van der Waals surface area contributed by atoms with Crippen molar-refractivity contribution in [1.82, 2.24) is 24.8 Å². The maximum absolute atomic E-state index is 12.9. The molecule has 7 nitrogen and oxygen atoms in total. The summed E-state index contributed by atoms with van der Waals surface area (Å²) in [5, 5.41) is 11.3. The van der Waals surface area contributed by atoms with Crippen molar-refractivity contribution in [3.8, 4) is 17.0 Å². The fourth-order valence-electron chi connectivity index (χ4n) is 2.91. The van der Waals surface area contributed by atoms with Gasteiger partial charge in [0, 0.05) is 23.5 Å². The first-order chi connectivity index (χ1) is 13.8. The molecule has 0 bridgehead atoms. The van der Waals surface area contributed by atoms with Crippen molar-refractivity contribution in [1.29, 1.82) is 0 Å². The maximum atomic E-state index is 12.9. The highest BCUT2D eigenvalue weighted by Gasteiger charge is 2.32. The first kappa shape index (κ1) is 18.7. The smallest absolute Gasteiger partial charge is 0.433 e. The van der Waals surface area contributed by atoms with Crippen LogP contribution in [0, 0.1) is 6.92 Å². The van der Waals surface area contributed by atoms with Crippen LogP contribution in [0.15, 0.2) is 48.8 Å². The van der Waals surface area contributed by atoms with Crippen molar-refractivity contribution in [2.75, 3.05) is 12.4 Å². The number of hydrogen-bond acceptors (Lipinski definition) is 6. The van der Waals surface area contributed by atoms with Crippen molar-refractivity contribution in [2.24, 2.45) is 0 Å². The van der Waals surface area contributed by atoms with Gasteiger partial charge in [0.05, 0.1) is 18.8 Å². The third-order valence-electron chi connectivity index (χ3n) is 4.16. The summed E-state index contributed by atoms with van der Waals surface area (Å²) in [6.45, 7) is 1.88. The number of methoxy groups -OCH3 is 1. The monoisotopic (exact) mass is 400 g/mol. The van der Waals surface area contributed by atoms with E-state index in [0.717, 1.165) is 34.5 Å². The zero-order chi connectivity index (χ0) is 20.6. The molecule has 0 spiro atoms. The lowest BCUT2D eigenvalue weighted by Gasteiger charge is -2.11. The highest BCUT2D eigenvalue weighted by Crippen LogP contribution is 2.31. The minimum atomic E-state index is -4.54. The van der Waals surface area contributed by atoms with E-state index >= 15 is 0 Å². The molecule has 1 N–H and O–H groups in total. The van der Waals surface area contributed by atoms with Crippen LogP contribution < -0.4 is 10.1 Å². The predicted molar refractivity (Wildman–Crippen MR) is 100 cm³/mol. The standard InChI is InChI=1S/C19H15F3N6O/c1-11-7-12(14-10-24-28-15(14)3-4-17(27-28)29-2)9-13(8-11)25-18-23-6-5-16(26-18)19(20,21)22/h3-10H,1-2H3,(H,23,25,26). The van der Waals surface area contributed by atoms with Crippen LogP contribution in [0.25, 0.3) is 16.6 Å². The van der Waals surface area contributed by atoms with Gasteiger partial charge in [0.2, 0.25) is 11.8 Å². The van der Waals surface area contributed by atoms with E-state index in [-0.39, 0.29) is 5.95 Å². The van der Waals surface area contributed by atoms with E-state index in [2.05, 4.69) is 25.5 Å². The molecule has 0 aliphatic heterocycles. The molecule has 3 aromatic heterocycles. The van der Waals surface area contributed by atoms with Crippen LogP contribution in [0.4, 0.5) is 24.8 Å². The number of ether oxygens (including phenoxy) is 1. The lowest BCUT2D eigenvalue weighted by molar-refractivity contribution is -0.141. The molecule has 1 aromatic carbocycles. The summed E-state index contributed by atoms with van der Waals surface area (Å²) in [6, 6.07) is 9.91. The fraction of sp³-hybridized carbons (Fsp3) is 0.158. The number of benzene rings is 1. The van der Waals surface area contributed by atoms with Gasteiger partial charge >= 0.3 is 6.18 Å². The van der Waals surface area contributed by atoms with Gasteiger partial charge in [-0.15, -0.1) is 9.73 Å². The Bertz CT molecular complexity index is 1190. The molecule has 3 heterocycles. The van der Waals surface area contributed by atoms with E-state index in [1.165, 1.54) is 11.7 Å².